The van der Waals surface area contributed by atoms with Crippen molar-refractivity contribution in [1.29, 1.82) is 0 Å². The minimum Gasteiger partial charge on any atom is -0.376 e. The van der Waals surface area contributed by atoms with Crippen molar-refractivity contribution < 1.29 is 17.9 Å². The van der Waals surface area contributed by atoms with Gasteiger partial charge in [0, 0.05) is 37.0 Å². The highest BCUT2D eigenvalue weighted by Crippen LogP contribution is 2.32. The van der Waals surface area contributed by atoms with Crippen LogP contribution >= 0.6 is 0 Å². The van der Waals surface area contributed by atoms with E-state index in [1.54, 1.807) is 18.3 Å². The predicted octanol–water partition coefficient (Wildman–Crippen LogP) is 4.32. The van der Waals surface area contributed by atoms with Gasteiger partial charge in [-0.3, -0.25) is 4.68 Å². The van der Waals surface area contributed by atoms with Crippen LogP contribution < -0.4 is 5.32 Å². The van der Waals surface area contributed by atoms with Crippen LogP contribution in [0.15, 0.2) is 30.6 Å². The average molecular weight is 470 g/mol. The van der Waals surface area contributed by atoms with Crippen LogP contribution in [0.25, 0.3) is 16.8 Å². The Morgan fingerprint density at radius 1 is 1.15 bits per heavy atom. The van der Waals surface area contributed by atoms with E-state index in [4.69, 9.17) is 4.74 Å². The fourth-order valence-electron chi connectivity index (χ4n) is 4.67. The van der Waals surface area contributed by atoms with Gasteiger partial charge in [0.1, 0.15) is 0 Å². The second-order valence-corrected chi connectivity index (χ2v) is 8.37. The highest BCUT2D eigenvalue weighted by atomic mass is 19.2. The molecule has 1 aliphatic rings. The van der Waals surface area contributed by atoms with Crippen molar-refractivity contribution >= 4 is 11.6 Å². The summed E-state index contributed by atoms with van der Waals surface area (Å²) in [4.78, 5) is 4.60. The lowest BCUT2D eigenvalue weighted by molar-refractivity contribution is 0.0434. The molecular weight excluding hydrogens is 445 g/mol. The molecule has 178 valence electrons. The third-order valence-electron chi connectivity index (χ3n) is 6.37. The van der Waals surface area contributed by atoms with Crippen LogP contribution in [0.2, 0.25) is 0 Å². The van der Waals surface area contributed by atoms with Gasteiger partial charge in [0.15, 0.2) is 23.1 Å². The van der Waals surface area contributed by atoms with Gasteiger partial charge in [0.2, 0.25) is 5.95 Å². The Labute approximate surface area is 194 Å². The lowest BCUT2D eigenvalue weighted by atomic mass is 9.90. The van der Waals surface area contributed by atoms with E-state index in [2.05, 4.69) is 27.4 Å². The Hall–Kier alpha value is -3.40. The van der Waals surface area contributed by atoms with Crippen molar-refractivity contribution in [1.82, 2.24) is 24.4 Å². The van der Waals surface area contributed by atoms with Gasteiger partial charge in [-0.05, 0) is 62.1 Å². The Morgan fingerprint density at radius 3 is 2.74 bits per heavy atom. The fourth-order valence-corrected chi connectivity index (χ4v) is 4.67. The summed E-state index contributed by atoms with van der Waals surface area (Å²) in [6.07, 6.45) is 4.93. The molecule has 7 nitrogen and oxygen atoms in total. The Bertz CT molecular complexity index is 1360. The maximum absolute atomic E-state index is 14.2. The van der Waals surface area contributed by atoms with E-state index in [1.807, 2.05) is 17.8 Å². The number of ether oxygens (including phenoxy) is 1. The number of pyridine rings is 1. The normalized spacial score (nSPS) is 17.8. The Balaban J connectivity index is 1.50. The molecule has 3 aromatic heterocycles. The summed E-state index contributed by atoms with van der Waals surface area (Å²) in [6, 6.07) is 4.30. The number of aromatic nitrogens is 5. The number of hydrogen-bond acceptors (Lipinski definition) is 5. The van der Waals surface area contributed by atoms with Gasteiger partial charge in [-0.15, -0.1) is 5.10 Å². The van der Waals surface area contributed by atoms with E-state index < -0.39 is 17.5 Å². The van der Waals surface area contributed by atoms with Crippen LogP contribution in [0.4, 0.5) is 19.1 Å². The fraction of sp³-hybridized carbons (Fsp3) is 0.375. The van der Waals surface area contributed by atoms with Gasteiger partial charge in [0.25, 0.3) is 0 Å². The molecule has 10 heteroatoms. The van der Waals surface area contributed by atoms with Crippen LogP contribution in [0.5, 0.6) is 0 Å². The number of benzene rings is 1. The number of anilines is 1. The summed E-state index contributed by atoms with van der Waals surface area (Å²) in [5.41, 5.74) is 3.43. The number of hydrogen-bond donors (Lipinski definition) is 1. The lowest BCUT2D eigenvalue weighted by Crippen LogP contribution is -2.43. The molecule has 0 fully saturated rings. The summed E-state index contributed by atoms with van der Waals surface area (Å²) in [5, 5.41) is 12.4. The van der Waals surface area contributed by atoms with Crippen LogP contribution in [0, 0.1) is 24.4 Å². The smallest absolute Gasteiger partial charge is 0.243 e. The average Bonchev–Trinajstić information content (AvgIpc) is 3.43. The first-order valence-corrected chi connectivity index (χ1v) is 11.3. The zero-order valence-electron chi connectivity index (χ0n) is 19.1. The van der Waals surface area contributed by atoms with E-state index in [9.17, 15) is 13.2 Å². The highest BCUT2D eigenvalue weighted by Gasteiger charge is 2.32. The van der Waals surface area contributed by atoms with Gasteiger partial charge >= 0.3 is 0 Å². The van der Waals surface area contributed by atoms with E-state index in [-0.39, 0.29) is 23.3 Å². The molecule has 2 atom stereocenters. The van der Waals surface area contributed by atoms with Gasteiger partial charge in [-0.2, -0.15) is 10.1 Å². The molecule has 0 saturated carbocycles. The number of aryl methyl sites for hydroxylation is 1. The lowest BCUT2D eigenvalue weighted by Gasteiger charge is -2.32. The van der Waals surface area contributed by atoms with Crippen molar-refractivity contribution in [3.05, 3.63) is 64.9 Å². The van der Waals surface area contributed by atoms with Gasteiger partial charge < -0.3 is 10.1 Å². The zero-order chi connectivity index (χ0) is 24.0. The van der Waals surface area contributed by atoms with Crippen molar-refractivity contribution in [3.63, 3.8) is 0 Å². The van der Waals surface area contributed by atoms with E-state index in [0.29, 0.717) is 30.2 Å². The van der Waals surface area contributed by atoms with Crippen LogP contribution in [-0.4, -0.2) is 43.1 Å². The molecule has 3 heterocycles. The Morgan fingerprint density at radius 2 is 1.97 bits per heavy atom. The van der Waals surface area contributed by atoms with E-state index in [1.165, 1.54) is 17.1 Å². The number of nitrogens with zero attached hydrogens (tertiary/aromatic N) is 5. The molecule has 4 aromatic rings. The SMILES string of the molecule is CCOC1Cc2c(cnn2CC)CC1Nc1nc2c(-c3cc(F)c(F)c(F)c3C)cccn2n1. The molecule has 2 unspecified atom stereocenters. The second-order valence-electron chi connectivity index (χ2n) is 8.37. The molecule has 1 aliphatic carbocycles. The number of rotatable bonds is 6. The molecule has 0 spiro atoms. The molecular formula is C24H25F3N6O. The Kier molecular flexibility index (Phi) is 5.76. The number of nitrogens with one attached hydrogen (secondary N) is 1. The summed E-state index contributed by atoms with van der Waals surface area (Å²) in [6.45, 7) is 6.80. The minimum absolute atomic E-state index is 0.00802. The van der Waals surface area contributed by atoms with Crippen LogP contribution in [0.1, 0.15) is 30.7 Å². The standard InChI is InChI=1S/C24H25F3N6O/c1-4-32-19-11-20(34-5-2)18(9-14(19)12-28-32)29-24-30-23-15(7-6-8-33(23)31-24)16-10-17(25)22(27)21(26)13(16)3/h6-8,10,12,18,20H,4-5,9,11H2,1-3H3,(H,29,31). The summed E-state index contributed by atoms with van der Waals surface area (Å²) < 4.78 is 51.5. The highest BCUT2D eigenvalue weighted by molar-refractivity contribution is 5.80. The van der Waals surface area contributed by atoms with Crippen molar-refractivity contribution in [2.45, 2.75) is 52.3 Å². The van der Waals surface area contributed by atoms with E-state index >= 15 is 0 Å². The molecule has 0 amide bonds. The largest absolute Gasteiger partial charge is 0.376 e. The predicted molar refractivity (Wildman–Crippen MR) is 121 cm³/mol. The summed E-state index contributed by atoms with van der Waals surface area (Å²) in [7, 11) is 0. The van der Waals surface area contributed by atoms with Gasteiger partial charge in [-0.25, -0.2) is 17.7 Å². The monoisotopic (exact) mass is 470 g/mol. The van der Waals surface area contributed by atoms with Crippen LogP contribution in [-0.2, 0) is 24.1 Å². The number of fused-ring (bicyclic) bond motifs is 2. The molecule has 0 aliphatic heterocycles. The quantitative estimate of drug-likeness (QED) is 0.425. The molecule has 34 heavy (non-hydrogen) atoms. The molecule has 1 aromatic carbocycles. The van der Waals surface area contributed by atoms with Crippen LogP contribution in [0.3, 0.4) is 0 Å². The molecule has 1 N–H and O–H groups in total. The zero-order valence-corrected chi connectivity index (χ0v) is 19.1. The maximum atomic E-state index is 14.2. The minimum atomic E-state index is -1.48. The molecule has 0 radical (unpaired) electrons. The second kappa shape index (κ2) is 8.75. The molecule has 0 saturated heterocycles. The van der Waals surface area contributed by atoms with Crippen molar-refractivity contribution in [3.8, 4) is 11.1 Å². The topological polar surface area (TPSA) is 69.3 Å². The third-order valence-corrected chi connectivity index (χ3v) is 6.37. The first kappa shape index (κ1) is 22.4. The molecule has 0 bridgehead atoms. The summed E-state index contributed by atoms with van der Waals surface area (Å²) >= 11 is 0. The third kappa shape index (κ3) is 3.71. The van der Waals surface area contributed by atoms with Gasteiger partial charge in [0.05, 0.1) is 18.3 Å². The van der Waals surface area contributed by atoms with Crippen molar-refractivity contribution in [2.75, 3.05) is 11.9 Å². The number of halogens is 3. The molecule has 5 rings (SSSR count). The van der Waals surface area contributed by atoms with Crippen molar-refractivity contribution in [2.24, 2.45) is 0 Å². The first-order valence-electron chi connectivity index (χ1n) is 11.3. The maximum Gasteiger partial charge on any atom is 0.243 e. The first-order chi connectivity index (χ1) is 16.4. The summed E-state index contributed by atoms with van der Waals surface area (Å²) in [5.74, 6) is -3.57. The van der Waals surface area contributed by atoms with Gasteiger partial charge in [-0.1, -0.05) is 0 Å². The van der Waals surface area contributed by atoms with E-state index in [0.717, 1.165) is 24.6 Å².